The number of benzene rings is 7. The molecule has 1 aliphatic heterocycles. The van der Waals surface area contributed by atoms with Gasteiger partial charge in [-0.2, -0.15) is 0 Å². The molecule has 3 nitrogen and oxygen atoms in total. The highest BCUT2D eigenvalue weighted by Gasteiger charge is 2.56. The van der Waals surface area contributed by atoms with Crippen molar-refractivity contribution in [2.75, 3.05) is 4.90 Å². The fraction of sp³-hybridized carbons (Fsp3) is 0.0612. The van der Waals surface area contributed by atoms with Gasteiger partial charge in [0.25, 0.3) is 0 Å². The zero-order valence-electron chi connectivity index (χ0n) is 28.4. The topological polar surface area (TPSA) is 21.7 Å². The maximum Gasteiger partial charge on any atom is 0.194 e. The molecule has 0 aromatic heterocycles. The minimum atomic E-state index is -0.326. The van der Waals surface area contributed by atoms with E-state index in [1.165, 1.54) is 50.1 Å². The quantitative estimate of drug-likeness (QED) is 0.186. The van der Waals surface area contributed by atoms with Crippen LogP contribution in [0.3, 0.4) is 0 Å². The maximum atomic E-state index is 7.08. The Bertz CT molecular complexity index is 2600. The molecule has 11 rings (SSSR count). The minimum Gasteiger partial charge on any atom is -0.449 e. The second-order valence-corrected chi connectivity index (χ2v) is 14.0. The van der Waals surface area contributed by atoms with Crippen LogP contribution in [0.5, 0.6) is 23.0 Å². The lowest BCUT2D eigenvalue weighted by molar-refractivity contribution is 0.359. The summed E-state index contributed by atoms with van der Waals surface area (Å²) < 4.78 is 13.9. The van der Waals surface area contributed by atoms with Crippen molar-refractivity contribution in [2.24, 2.45) is 5.92 Å². The van der Waals surface area contributed by atoms with E-state index >= 15 is 0 Å². The van der Waals surface area contributed by atoms with Crippen LogP contribution in [-0.2, 0) is 5.41 Å². The largest absolute Gasteiger partial charge is 0.449 e. The number of rotatable bonds is 4. The molecule has 52 heavy (non-hydrogen) atoms. The average molecular weight is 668 g/mol. The normalized spacial score (nSPS) is 18.2. The molecular formula is C49H33NO2. The monoisotopic (exact) mass is 667 g/mol. The predicted octanol–water partition coefficient (Wildman–Crippen LogP) is 13.0. The fourth-order valence-electron chi connectivity index (χ4n) is 9.25. The van der Waals surface area contributed by atoms with E-state index in [1.54, 1.807) is 0 Å². The molecule has 0 radical (unpaired) electrons. The summed E-state index contributed by atoms with van der Waals surface area (Å²) in [5.41, 5.74) is 14.3. The number of anilines is 3. The summed E-state index contributed by atoms with van der Waals surface area (Å²) in [6, 6.07) is 58.3. The Kier molecular flexibility index (Phi) is 6.29. The first kappa shape index (κ1) is 29.2. The Morgan fingerprint density at radius 2 is 1.15 bits per heavy atom. The second kappa shape index (κ2) is 11.2. The molecule has 0 amide bonds. The average Bonchev–Trinajstić information content (AvgIpc) is 3.67. The van der Waals surface area contributed by atoms with Gasteiger partial charge in [0.2, 0.25) is 0 Å². The minimum absolute atomic E-state index is 0.287. The smallest absolute Gasteiger partial charge is 0.194 e. The van der Waals surface area contributed by atoms with E-state index in [9.17, 15) is 0 Å². The van der Waals surface area contributed by atoms with Crippen LogP contribution in [0.2, 0.25) is 0 Å². The summed E-state index contributed by atoms with van der Waals surface area (Å²) in [6.07, 6.45) is 7.85. The van der Waals surface area contributed by atoms with E-state index in [2.05, 4.69) is 175 Å². The van der Waals surface area contributed by atoms with Crippen molar-refractivity contribution >= 4 is 22.6 Å². The number of ether oxygens (including phenoxy) is 2. The van der Waals surface area contributed by atoms with Gasteiger partial charge in [-0.25, -0.2) is 0 Å². The number of fused-ring (bicyclic) bond motifs is 12. The second-order valence-electron chi connectivity index (χ2n) is 14.0. The van der Waals surface area contributed by atoms with E-state index in [0.717, 1.165) is 35.0 Å². The lowest BCUT2D eigenvalue weighted by atomic mass is 9.65. The molecule has 0 saturated heterocycles. The fourth-order valence-corrected chi connectivity index (χ4v) is 9.25. The molecular weight excluding hydrogens is 635 g/mol. The summed E-state index contributed by atoms with van der Waals surface area (Å²) >= 11 is 0. The van der Waals surface area contributed by atoms with Gasteiger partial charge in [0.1, 0.15) is 0 Å². The van der Waals surface area contributed by atoms with Gasteiger partial charge in [-0.3, -0.25) is 0 Å². The van der Waals surface area contributed by atoms with Crippen LogP contribution >= 0.6 is 0 Å². The first-order valence-electron chi connectivity index (χ1n) is 18.0. The van der Waals surface area contributed by atoms with Gasteiger partial charge in [-0.05, 0) is 105 Å². The van der Waals surface area contributed by atoms with Crippen LogP contribution in [0, 0.1) is 5.92 Å². The van der Waals surface area contributed by atoms with Crippen molar-refractivity contribution in [3.05, 3.63) is 204 Å². The Morgan fingerprint density at radius 1 is 0.500 bits per heavy atom. The third-order valence-electron chi connectivity index (χ3n) is 11.4. The lowest BCUT2D eigenvalue weighted by Crippen LogP contribution is -2.32. The predicted molar refractivity (Wildman–Crippen MR) is 210 cm³/mol. The van der Waals surface area contributed by atoms with Crippen molar-refractivity contribution in [1.82, 2.24) is 0 Å². The first-order chi connectivity index (χ1) is 25.8. The molecule has 0 saturated carbocycles. The number of allylic oxidation sites excluding steroid dienone is 4. The molecule has 3 heteroatoms. The van der Waals surface area contributed by atoms with Crippen molar-refractivity contribution < 1.29 is 9.47 Å². The summed E-state index contributed by atoms with van der Waals surface area (Å²) in [5, 5.41) is 0. The number of para-hydroxylation sites is 2. The molecule has 2 unspecified atom stereocenters. The lowest BCUT2D eigenvalue weighted by Gasteiger charge is -2.36. The summed E-state index contributed by atoms with van der Waals surface area (Å²) in [5.74, 6) is 3.15. The van der Waals surface area contributed by atoms with E-state index < -0.39 is 0 Å². The Hall–Kier alpha value is -6.58. The van der Waals surface area contributed by atoms with Gasteiger partial charge in [-0.1, -0.05) is 133 Å². The van der Waals surface area contributed by atoms with Gasteiger partial charge in [0.15, 0.2) is 23.0 Å². The summed E-state index contributed by atoms with van der Waals surface area (Å²) in [6.45, 7) is 0. The third-order valence-corrected chi connectivity index (χ3v) is 11.4. The van der Waals surface area contributed by atoms with Gasteiger partial charge < -0.3 is 14.4 Å². The van der Waals surface area contributed by atoms with Crippen LogP contribution < -0.4 is 14.4 Å². The van der Waals surface area contributed by atoms with Crippen LogP contribution in [0.1, 0.15) is 28.7 Å². The van der Waals surface area contributed by atoms with E-state index in [1.807, 2.05) is 12.1 Å². The van der Waals surface area contributed by atoms with Crippen LogP contribution in [-0.4, -0.2) is 0 Å². The van der Waals surface area contributed by atoms with Gasteiger partial charge in [0, 0.05) is 17.3 Å². The third kappa shape index (κ3) is 4.08. The number of hydrogen-bond donors (Lipinski definition) is 0. The first-order valence-corrected chi connectivity index (χ1v) is 18.0. The molecule has 0 fully saturated rings. The van der Waals surface area contributed by atoms with Crippen LogP contribution in [0.25, 0.3) is 27.8 Å². The standard InChI is InChI=1S/C49H33NO2/c1-3-14-32(15-4-1)33-26-28-35(29-27-33)50(34-16-5-2-6-17-34)44-24-13-25-45-48(44)52-47-31-43-39(30-46(47)51-45)38-20-9-12-23-42(38)49(43)40-21-10-7-18-36(40)37-19-8-11-22-41(37)49/h1-21,23-31,41H,22H2. The molecule has 1 heterocycles. The van der Waals surface area contributed by atoms with Gasteiger partial charge in [0.05, 0.1) is 11.1 Å². The number of hydrogen-bond acceptors (Lipinski definition) is 3. The van der Waals surface area contributed by atoms with E-state index in [4.69, 9.17) is 9.47 Å². The molecule has 1 spiro atoms. The molecule has 0 bridgehead atoms. The van der Waals surface area contributed by atoms with Crippen molar-refractivity contribution in [1.29, 1.82) is 0 Å². The van der Waals surface area contributed by atoms with E-state index in [0.29, 0.717) is 11.5 Å². The van der Waals surface area contributed by atoms with Gasteiger partial charge in [-0.15, -0.1) is 0 Å². The van der Waals surface area contributed by atoms with Crippen LogP contribution in [0.4, 0.5) is 17.1 Å². The van der Waals surface area contributed by atoms with Crippen molar-refractivity contribution in [2.45, 2.75) is 11.8 Å². The molecule has 0 N–H and O–H groups in total. The summed E-state index contributed by atoms with van der Waals surface area (Å²) in [7, 11) is 0. The molecule has 246 valence electrons. The maximum absolute atomic E-state index is 7.08. The zero-order valence-corrected chi connectivity index (χ0v) is 28.4. The Labute approximate surface area is 303 Å². The molecule has 4 aliphatic rings. The highest BCUT2D eigenvalue weighted by atomic mass is 16.6. The highest BCUT2D eigenvalue weighted by molar-refractivity contribution is 5.94. The molecule has 7 aromatic carbocycles. The molecule has 3 aliphatic carbocycles. The van der Waals surface area contributed by atoms with Crippen molar-refractivity contribution in [3.8, 4) is 45.3 Å². The number of nitrogens with zero attached hydrogens (tertiary/aromatic N) is 1. The summed E-state index contributed by atoms with van der Waals surface area (Å²) in [4.78, 5) is 2.26. The Morgan fingerprint density at radius 3 is 1.96 bits per heavy atom. The van der Waals surface area contributed by atoms with Gasteiger partial charge >= 0.3 is 0 Å². The molecule has 7 aromatic rings. The zero-order chi connectivity index (χ0) is 34.2. The van der Waals surface area contributed by atoms with Crippen molar-refractivity contribution in [3.63, 3.8) is 0 Å². The molecule has 2 atom stereocenters. The Balaban J connectivity index is 1.07. The SMILES string of the molecule is C1=CCC2C(=C1)c1ccccc1C21c2ccccc2-c2cc3c(cc21)Oc1c(cccc1N(c1ccccc1)c1ccc(-c2ccccc2)cc1)O3. The van der Waals surface area contributed by atoms with Crippen LogP contribution in [0.15, 0.2) is 182 Å². The highest BCUT2D eigenvalue weighted by Crippen LogP contribution is 2.67. The van der Waals surface area contributed by atoms with E-state index in [-0.39, 0.29) is 11.3 Å².